The maximum Gasteiger partial charge on any atom is 0.319 e. The lowest BCUT2D eigenvalue weighted by Crippen LogP contribution is -2.51. The second-order valence-electron chi connectivity index (χ2n) is 6.97. The molecule has 1 aliphatic heterocycles. The van der Waals surface area contributed by atoms with Crippen LogP contribution in [0.5, 0.6) is 0 Å². The Labute approximate surface area is 172 Å². The number of nitrogens with zero attached hydrogens (tertiary/aromatic N) is 1. The average molecular weight is 430 g/mol. The molecule has 0 aromatic carbocycles. The normalized spacial score (nSPS) is 17.5. The molecule has 0 bridgehead atoms. The van der Waals surface area contributed by atoms with E-state index in [4.69, 9.17) is 5.11 Å². The van der Waals surface area contributed by atoms with E-state index in [1.54, 1.807) is 0 Å². The fourth-order valence-electron chi connectivity index (χ4n) is 2.85. The van der Waals surface area contributed by atoms with E-state index in [1.165, 1.54) is 17.1 Å². The first kappa shape index (κ1) is 25.1. The molecule has 0 aromatic rings. The Morgan fingerprint density at radius 2 is 1.70 bits per heavy atom. The van der Waals surface area contributed by atoms with Crippen molar-refractivity contribution in [3.05, 3.63) is 36.2 Å². The minimum Gasteiger partial charge on any atom is -0.480 e. The molecular weight excluding hydrogens is 405 g/mol. The highest BCUT2D eigenvalue weighted by Crippen LogP contribution is 2.41. The summed E-state index contributed by atoms with van der Waals surface area (Å²) < 4.78 is 34.7. The van der Waals surface area contributed by atoms with Crippen LogP contribution < -0.4 is 5.32 Å². The number of unbranched alkanes of at least 4 members (excludes halogenated alkanes) is 2. The number of nitrogens with one attached hydrogen (secondary N) is 1. The Bertz CT molecular complexity index is 750. The number of aliphatic carboxylic acids is 1. The van der Waals surface area contributed by atoms with Crippen molar-refractivity contribution < 1.29 is 37.5 Å². The lowest BCUT2D eigenvalue weighted by atomic mass is 9.68. The smallest absolute Gasteiger partial charge is 0.319 e. The molecule has 3 amide bonds. The van der Waals surface area contributed by atoms with E-state index in [1.807, 2.05) is 0 Å². The van der Waals surface area contributed by atoms with Gasteiger partial charge in [0.1, 0.15) is 11.2 Å². The Morgan fingerprint density at radius 3 is 2.07 bits per heavy atom. The van der Waals surface area contributed by atoms with Crippen LogP contribution in [0.15, 0.2) is 36.2 Å². The standard InChI is InChI=1S/C15H20N2O5.C5H5F3/c18-11-5-6-12(19)17(11)10-3-1-2-9-16-13(20)15(14(21)22)7-4-8-15;1-3(6)5(8)4(2)7/h5-6H,1-4,7-10H2,(H,16,20)(H,21,22);1H2,2H3/b;5-4-. The Morgan fingerprint density at radius 1 is 1.13 bits per heavy atom. The molecule has 1 saturated carbocycles. The first-order valence-corrected chi connectivity index (χ1v) is 9.45. The number of amides is 3. The van der Waals surface area contributed by atoms with Crippen molar-refractivity contribution in [2.45, 2.75) is 45.4 Å². The van der Waals surface area contributed by atoms with Gasteiger partial charge in [0.2, 0.25) is 5.91 Å². The van der Waals surface area contributed by atoms with Crippen LogP contribution in [-0.4, -0.2) is 46.8 Å². The summed E-state index contributed by atoms with van der Waals surface area (Å²) in [7, 11) is 0. The van der Waals surface area contributed by atoms with E-state index in [0.29, 0.717) is 38.8 Å². The third-order valence-electron chi connectivity index (χ3n) is 4.84. The summed E-state index contributed by atoms with van der Waals surface area (Å²) in [5.41, 5.74) is -1.22. The van der Waals surface area contributed by atoms with Crippen molar-refractivity contribution >= 4 is 23.7 Å². The minimum absolute atomic E-state index is 0.285. The van der Waals surface area contributed by atoms with Crippen LogP contribution in [0.25, 0.3) is 0 Å². The van der Waals surface area contributed by atoms with E-state index in [0.717, 1.165) is 19.8 Å². The summed E-state index contributed by atoms with van der Waals surface area (Å²) in [6.07, 6.45) is 6.19. The second kappa shape index (κ2) is 11.3. The number of carboxylic acids is 1. The van der Waals surface area contributed by atoms with Crippen molar-refractivity contribution in [1.29, 1.82) is 0 Å². The van der Waals surface area contributed by atoms with Crippen molar-refractivity contribution in [2.24, 2.45) is 5.41 Å². The molecule has 1 fully saturated rings. The molecule has 1 aliphatic carbocycles. The predicted molar refractivity (Wildman–Crippen MR) is 102 cm³/mol. The summed E-state index contributed by atoms with van der Waals surface area (Å²) in [5, 5.41) is 11.8. The zero-order valence-electron chi connectivity index (χ0n) is 16.7. The lowest BCUT2D eigenvalue weighted by molar-refractivity contribution is -0.162. The van der Waals surface area contributed by atoms with Gasteiger partial charge in [0.25, 0.3) is 11.8 Å². The number of carbonyl (C=O) groups is 4. The van der Waals surface area contributed by atoms with E-state index < -0.39 is 34.8 Å². The molecule has 0 unspecified atom stereocenters. The minimum atomic E-state index is -1.51. The lowest BCUT2D eigenvalue weighted by Gasteiger charge is -2.35. The van der Waals surface area contributed by atoms with Crippen molar-refractivity contribution in [3.63, 3.8) is 0 Å². The van der Waals surface area contributed by atoms with Crippen LogP contribution in [0.2, 0.25) is 0 Å². The molecule has 10 heteroatoms. The number of halogens is 3. The average Bonchev–Trinajstić information content (AvgIpc) is 2.94. The molecule has 0 saturated heterocycles. The van der Waals surface area contributed by atoms with Gasteiger partial charge in [0.05, 0.1) is 0 Å². The van der Waals surface area contributed by atoms with Crippen LogP contribution in [-0.2, 0) is 19.2 Å². The van der Waals surface area contributed by atoms with Crippen LogP contribution in [0, 0.1) is 5.41 Å². The summed E-state index contributed by atoms with van der Waals surface area (Å²) in [4.78, 5) is 46.9. The van der Waals surface area contributed by atoms with Gasteiger partial charge in [-0.2, -0.15) is 0 Å². The molecule has 2 rings (SSSR count). The highest BCUT2D eigenvalue weighted by Gasteiger charge is 2.50. The third-order valence-corrected chi connectivity index (χ3v) is 4.84. The summed E-state index contributed by atoms with van der Waals surface area (Å²) in [6.45, 7) is 4.14. The van der Waals surface area contributed by atoms with Crippen molar-refractivity contribution in [1.82, 2.24) is 10.2 Å². The van der Waals surface area contributed by atoms with Crippen molar-refractivity contribution in [3.8, 4) is 0 Å². The fourth-order valence-corrected chi connectivity index (χ4v) is 2.85. The van der Waals surface area contributed by atoms with Gasteiger partial charge >= 0.3 is 5.97 Å². The molecule has 2 aliphatic rings. The molecular formula is C20H25F3N2O5. The highest BCUT2D eigenvalue weighted by atomic mass is 19.2. The first-order valence-electron chi connectivity index (χ1n) is 9.45. The molecule has 0 aromatic heterocycles. The first-order chi connectivity index (χ1) is 14.0. The zero-order valence-corrected chi connectivity index (χ0v) is 16.7. The van der Waals surface area contributed by atoms with Crippen LogP contribution in [0.1, 0.15) is 45.4 Å². The highest BCUT2D eigenvalue weighted by molar-refractivity contribution is 6.12. The monoisotopic (exact) mass is 430 g/mol. The summed E-state index contributed by atoms with van der Waals surface area (Å²) in [5.74, 6) is -6.08. The van der Waals surface area contributed by atoms with Crippen LogP contribution >= 0.6 is 0 Å². The van der Waals surface area contributed by atoms with Crippen LogP contribution in [0.4, 0.5) is 13.2 Å². The molecule has 30 heavy (non-hydrogen) atoms. The number of imide groups is 1. The summed E-state index contributed by atoms with van der Waals surface area (Å²) >= 11 is 0. The van der Waals surface area contributed by atoms with Crippen molar-refractivity contribution in [2.75, 3.05) is 13.1 Å². The Kier molecular flexibility index (Phi) is 9.48. The topological polar surface area (TPSA) is 104 Å². The van der Waals surface area contributed by atoms with E-state index in [9.17, 15) is 32.3 Å². The SMILES string of the molecule is C=C(F)/C(F)=C(\C)F.O=C1C=CC(=O)N1CCCCCNC(=O)C1(C(=O)O)CCC1. The second-order valence-corrected chi connectivity index (χ2v) is 6.97. The van der Waals surface area contributed by atoms with Gasteiger partial charge in [0.15, 0.2) is 11.7 Å². The van der Waals surface area contributed by atoms with E-state index >= 15 is 0 Å². The van der Waals surface area contributed by atoms with Gasteiger partial charge in [-0.15, -0.1) is 0 Å². The number of hydrogen-bond donors (Lipinski definition) is 2. The van der Waals surface area contributed by atoms with Gasteiger partial charge < -0.3 is 10.4 Å². The van der Waals surface area contributed by atoms with Gasteiger partial charge in [-0.1, -0.05) is 13.0 Å². The zero-order chi connectivity index (χ0) is 22.9. The molecule has 1 heterocycles. The number of rotatable bonds is 9. The fraction of sp³-hybridized carbons (Fsp3) is 0.500. The molecule has 2 N–H and O–H groups in total. The molecule has 0 radical (unpaired) electrons. The van der Waals surface area contributed by atoms with Gasteiger partial charge in [-0.25, -0.2) is 13.2 Å². The van der Waals surface area contributed by atoms with Gasteiger partial charge in [-0.3, -0.25) is 24.1 Å². The number of hydrogen-bond acceptors (Lipinski definition) is 4. The predicted octanol–water partition coefficient (Wildman–Crippen LogP) is 3.09. The third kappa shape index (κ3) is 6.57. The Balaban J connectivity index is 0.000000479. The number of carboxylic acid groups (broad SMARTS) is 1. The quantitative estimate of drug-likeness (QED) is 0.253. The van der Waals surface area contributed by atoms with Gasteiger partial charge in [0, 0.05) is 25.2 Å². The van der Waals surface area contributed by atoms with Crippen LogP contribution in [0.3, 0.4) is 0 Å². The number of carbonyl (C=O) groups excluding carboxylic acids is 3. The Hall–Kier alpha value is -2.91. The molecule has 0 atom stereocenters. The number of allylic oxidation sites excluding steroid dienone is 3. The maximum absolute atomic E-state index is 11.9. The molecule has 0 spiro atoms. The largest absolute Gasteiger partial charge is 0.480 e. The van der Waals surface area contributed by atoms with E-state index in [-0.39, 0.29) is 11.8 Å². The molecule has 7 nitrogen and oxygen atoms in total. The van der Waals surface area contributed by atoms with E-state index in [2.05, 4.69) is 11.9 Å². The summed E-state index contributed by atoms with van der Waals surface area (Å²) in [6, 6.07) is 0. The molecule has 166 valence electrons. The maximum atomic E-state index is 11.9. The van der Waals surface area contributed by atoms with Gasteiger partial charge in [-0.05, 0) is 39.0 Å².